The summed E-state index contributed by atoms with van der Waals surface area (Å²) >= 11 is 2.88. The van der Waals surface area contributed by atoms with Gasteiger partial charge in [-0.25, -0.2) is 18.4 Å². The Kier molecular flexibility index (Phi) is 6.14. The predicted octanol–water partition coefficient (Wildman–Crippen LogP) is 3.60. The van der Waals surface area contributed by atoms with Gasteiger partial charge in [0.1, 0.15) is 16.2 Å². The molecule has 1 fully saturated rings. The molecule has 4 rings (SSSR count). The molecule has 0 radical (unpaired) electrons. The maximum atomic E-state index is 12.7. The number of anilines is 1. The van der Waals surface area contributed by atoms with Crippen molar-refractivity contribution in [1.29, 1.82) is 0 Å². The highest BCUT2D eigenvalue weighted by molar-refractivity contribution is 8.00. The van der Waals surface area contributed by atoms with E-state index in [1.165, 1.54) is 33.7 Å². The van der Waals surface area contributed by atoms with Gasteiger partial charge >= 0.3 is 0 Å². The lowest BCUT2D eigenvalue weighted by Gasteiger charge is -2.25. The summed E-state index contributed by atoms with van der Waals surface area (Å²) in [5.41, 5.74) is 0.566. The number of carbonyl (C=O) groups is 1. The van der Waals surface area contributed by atoms with Gasteiger partial charge in [0.15, 0.2) is 0 Å². The molecule has 29 heavy (non-hydrogen) atoms. The van der Waals surface area contributed by atoms with Gasteiger partial charge in [0.2, 0.25) is 15.9 Å². The van der Waals surface area contributed by atoms with Crippen molar-refractivity contribution in [3.8, 4) is 0 Å². The van der Waals surface area contributed by atoms with Crippen LogP contribution in [0.25, 0.3) is 10.2 Å². The molecule has 152 valence electrons. The van der Waals surface area contributed by atoms with Gasteiger partial charge in [0.25, 0.3) is 0 Å². The molecule has 0 spiro atoms. The number of benzene rings is 1. The average molecular weight is 449 g/mol. The average Bonchev–Trinajstić information content (AvgIpc) is 3.23. The first-order valence-corrected chi connectivity index (χ1v) is 12.6. The molecule has 1 aliphatic heterocycles. The fraction of sp³-hybridized carbons (Fsp3) is 0.316. The van der Waals surface area contributed by atoms with E-state index in [4.69, 9.17) is 0 Å². The zero-order valence-electron chi connectivity index (χ0n) is 15.6. The number of piperidine rings is 1. The van der Waals surface area contributed by atoms with Crippen molar-refractivity contribution in [2.24, 2.45) is 0 Å². The van der Waals surface area contributed by atoms with Crippen LogP contribution in [0.1, 0.15) is 19.3 Å². The van der Waals surface area contributed by atoms with Crippen molar-refractivity contribution in [2.45, 2.75) is 29.2 Å². The van der Waals surface area contributed by atoms with E-state index in [0.29, 0.717) is 18.8 Å². The van der Waals surface area contributed by atoms with Gasteiger partial charge in [-0.15, -0.1) is 11.3 Å². The molecule has 3 heterocycles. The van der Waals surface area contributed by atoms with Crippen LogP contribution >= 0.6 is 23.1 Å². The minimum Gasteiger partial charge on any atom is -0.325 e. The first-order chi connectivity index (χ1) is 14.0. The highest BCUT2D eigenvalue weighted by atomic mass is 32.2. The molecule has 1 aromatic carbocycles. The Bertz CT molecular complexity index is 1110. The number of rotatable bonds is 6. The van der Waals surface area contributed by atoms with Crippen LogP contribution in [0.3, 0.4) is 0 Å². The smallest absolute Gasteiger partial charge is 0.243 e. The van der Waals surface area contributed by atoms with E-state index in [-0.39, 0.29) is 16.6 Å². The number of amides is 1. The second kappa shape index (κ2) is 8.78. The number of aromatic nitrogens is 2. The topological polar surface area (TPSA) is 92.3 Å². The highest BCUT2D eigenvalue weighted by Gasteiger charge is 2.25. The van der Waals surface area contributed by atoms with E-state index in [1.807, 2.05) is 11.4 Å². The van der Waals surface area contributed by atoms with Crippen LogP contribution in [0.2, 0.25) is 0 Å². The molecule has 7 nitrogen and oxygen atoms in total. The molecule has 2 aromatic heterocycles. The van der Waals surface area contributed by atoms with Gasteiger partial charge in [0, 0.05) is 24.2 Å². The maximum Gasteiger partial charge on any atom is 0.243 e. The maximum absolute atomic E-state index is 12.7. The van der Waals surface area contributed by atoms with Crippen LogP contribution in [-0.2, 0) is 14.8 Å². The number of hydrogen-bond acceptors (Lipinski definition) is 7. The number of sulfonamides is 1. The molecule has 10 heteroatoms. The monoisotopic (exact) mass is 448 g/mol. The quantitative estimate of drug-likeness (QED) is 0.458. The Labute approximate surface area is 177 Å². The van der Waals surface area contributed by atoms with Crippen LogP contribution in [0.15, 0.2) is 52.0 Å². The normalized spacial score (nSPS) is 15.4. The second-order valence-electron chi connectivity index (χ2n) is 6.64. The summed E-state index contributed by atoms with van der Waals surface area (Å²) in [5.74, 6) is 0.0270. The van der Waals surface area contributed by atoms with Crippen LogP contribution in [0.4, 0.5) is 5.69 Å². The van der Waals surface area contributed by atoms with E-state index >= 15 is 0 Å². The summed E-state index contributed by atoms with van der Waals surface area (Å²) in [6.45, 7) is 1.14. The van der Waals surface area contributed by atoms with E-state index in [1.54, 1.807) is 24.3 Å². The largest absolute Gasteiger partial charge is 0.325 e. The number of thioether (sulfide) groups is 1. The van der Waals surface area contributed by atoms with E-state index in [2.05, 4.69) is 15.3 Å². The summed E-state index contributed by atoms with van der Waals surface area (Å²) in [4.78, 5) is 21.9. The Morgan fingerprint density at radius 1 is 1.10 bits per heavy atom. The number of fused-ring (bicyclic) bond motifs is 1. The third-order valence-electron chi connectivity index (χ3n) is 4.66. The predicted molar refractivity (Wildman–Crippen MR) is 116 cm³/mol. The number of carbonyl (C=O) groups excluding carboxylic acids is 1. The zero-order valence-corrected chi connectivity index (χ0v) is 18.0. The Morgan fingerprint density at radius 3 is 2.62 bits per heavy atom. The van der Waals surface area contributed by atoms with Crippen LogP contribution in [0, 0.1) is 0 Å². The summed E-state index contributed by atoms with van der Waals surface area (Å²) in [6, 6.07) is 8.29. The zero-order chi connectivity index (χ0) is 20.3. The molecule has 0 unspecified atom stereocenters. The van der Waals surface area contributed by atoms with Gasteiger partial charge < -0.3 is 5.32 Å². The summed E-state index contributed by atoms with van der Waals surface area (Å²) in [6.07, 6.45) is 4.37. The highest BCUT2D eigenvalue weighted by Crippen LogP contribution is 2.28. The second-order valence-corrected chi connectivity index (χ2v) is 10.4. The van der Waals surface area contributed by atoms with Gasteiger partial charge in [0.05, 0.1) is 10.6 Å². The van der Waals surface area contributed by atoms with Gasteiger partial charge in [-0.1, -0.05) is 18.2 Å². The van der Waals surface area contributed by atoms with Crippen molar-refractivity contribution in [2.75, 3.05) is 24.2 Å². The van der Waals surface area contributed by atoms with Crippen molar-refractivity contribution in [3.63, 3.8) is 0 Å². The summed E-state index contributed by atoms with van der Waals surface area (Å²) in [5, 5.41) is 6.47. The van der Waals surface area contributed by atoms with Gasteiger partial charge in [-0.05, 0) is 48.6 Å². The Balaban J connectivity index is 1.37. The molecule has 1 saturated heterocycles. The molecule has 1 N–H and O–H groups in total. The first-order valence-electron chi connectivity index (χ1n) is 9.25. The molecular weight excluding hydrogens is 428 g/mol. The van der Waals surface area contributed by atoms with Crippen molar-refractivity contribution < 1.29 is 13.2 Å². The van der Waals surface area contributed by atoms with Gasteiger partial charge in [-0.2, -0.15) is 4.31 Å². The fourth-order valence-corrected chi connectivity index (χ4v) is 6.27. The van der Waals surface area contributed by atoms with Crippen LogP contribution < -0.4 is 5.32 Å². The number of nitrogens with zero attached hydrogens (tertiary/aromatic N) is 3. The fourth-order valence-electron chi connectivity index (χ4n) is 3.18. The molecule has 0 saturated carbocycles. The minimum absolute atomic E-state index is 0.177. The standard InChI is InChI=1S/C19H20N4O3S3/c24-17(12-28-19-16-8-11-27-18(16)20-13-21-19)22-14-4-6-15(7-5-14)29(25,26)23-9-2-1-3-10-23/h4-8,11,13H,1-3,9-10,12H2,(H,22,24). The molecule has 1 amide bonds. The number of nitrogens with one attached hydrogen (secondary N) is 1. The molecule has 0 aliphatic carbocycles. The third-order valence-corrected chi connectivity index (χ3v) is 8.39. The minimum atomic E-state index is -3.47. The molecule has 0 atom stereocenters. The summed E-state index contributed by atoms with van der Waals surface area (Å²) in [7, 11) is -3.47. The summed E-state index contributed by atoms with van der Waals surface area (Å²) < 4.78 is 26.9. The van der Waals surface area contributed by atoms with Crippen LogP contribution in [0.5, 0.6) is 0 Å². The van der Waals surface area contributed by atoms with E-state index in [9.17, 15) is 13.2 Å². The van der Waals surface area contributed by atoms with E-state index in [0.717, 1.165) is 34.5 Å². The van der Waals surface area contributed by atoms with Gasteiger partial charge in [-0.3, -0.25) is 4.79 Å². The lowest BCUT2D eigenvalue weighted by molar-refractivity contribution is -0.113. The third kappa shape index (κ3) is 4.61. The van der Waals surface area contributed by atoms with E-state index < -0.39 is 10.0 Å². The van der Waals surface area contributed by atoms with Crippen molar-refractivity contribution >= 4 is 54.9 Å². The molecular formula is C19H20N4O3S3. The van der Waals surface area contributed by atoms with Crippen LogP contribution in [-0.4, -0.2) is 47.4 Å². The molecule has 1 aliphatic rings. The number of hydrogen-bond donors (Lipinski definition) is 1. The first kappa shape index (κ1) is 20.3. The Morgan fingerprint density at radius 2 is 1.86 bits per heavy atom. The van der Waals surface area contributed by atoms with Crippen molar-refractivity contribution in [1.82, 2.24) is 14.3 Å². The Hall–Kier alpha value is -2.01. The lowest BCUT2D eigenvalue weighted by Crippen LogP contribution is -2.35. The molecule has 3 aromatic rings. The lowest BCUT2D eigenvalue weighted by atomic mass is 10.2. The molecule has 0 bridgehead atoms. The number of thiophene rings is 1. The van der Waals surface area contributed by atoms with Crippen molar-refractivity contribution in [3.05, 3.63) is 42.0 Å². The SMILES string of the molecule is O=C(CSc1ncnc2sccc12)Nc1ccc(S(=O)(=O)N2CCCCC2)cc1.